The fraction of sp³-hybridized carbons (Fsp3) is 0.500. The van der Waals surface area contributed by atoms with E-state index in [2.05, 4.69) is 0 Å². The maximum Gasteiger partial charge on any atom is 0.343 e. The Morgan fingerprint density at radius 2 is 1.29 bits per heavy atom. The fourth-order valence-electron chi connectivity index (χ4n) is 3.63. The number of unbranched alkanes of at least 4 members (excludes halogenated alkanes) is 9. The van der Waals surface area contributed by atoms with Crippen LogP contribution in [0.5, 0.6) is 17.2 Å². The van der Waals surface area contributed by atoms with E-state index in [1.165, 1.54) is 45.4 Å². The molecule has 0 aliphatic rings. The summed E-state index contributed by atoms with van der Waals surface area (Å²) >= 11 is 0. The molecule has 0 atom stereocenters. The van der Waals surface area contributed by atoms with Gasteiger partial charge in [0, 0.05) is 13.5 Å². The van der Waals surface area contributed by atoms with E-state index in [-0.39, 0.29) is 0 Å². The summed E-state index contributed by atoms with van der Waals surface area (Å²) in [6, 6.07) is 11.8. The summed E-state index contributed by atoms with van der Waals surface area (Å²) in [5.41, 5.74) is 1.14. The molecule has 0 radical (unpaired) electrons. The number of aliphatic hydroxyl groups excluding tert-OH is 1. The number of carbonyl (C=O) groups is 2. The predicted octanol–water partition coefficient (Wildman–Crippen LogP) is 6.41. The summed E-state index contributed by atoms with van der Waals surface area (Å²) in [4.78, 5) is 23.5. The molecule has 2 aromatic rings. The van der Waals surface area contributed by atoms with Crippen LogP contribution in [0.15, 0.2) is 42.5 Å². The number of ether oxygens (including phenoxy) is 3. The molecule has 1 N–H and O–H groups in total. The minimum Gasteiger partial charge on any atom is -0.494 e. The fourth-order valence-corrected chi connectivity index (χ4v) is 3.63. The summed E-state index contributed by atoms with van der Waals surface area (Å²) in [6.45, 7) is 4.10. The molecule has 0 heterocycles. The second-order valence-corrected chi connectivity index (χ2v) is 8.54. The molecule has 0 saturated heterocycles. The topological polar surface area (TPSA) is 82.1 Å². The van der Waals surface area contributed by atoms with E-state index in [1.54, 1.807) is 49.4 Å². The molecule has 0 aliphatic heterocycles. The first-order valence-corrected chi connectivity index (χ1v) is 12.3. The largest absolute Gasteiger partial charge is 0.494 e. The van der Waals surface area contributed by atoms with Gasteiger partial charge in [-0.3, -0.25) is 4.79 Å². The Balaban J connectivity index is 1.62. The molecule has 0 aromatic heterocycles. The number of esters is 2. The van der Waals surface area contributed by atoms with Gasteiger partial charge in [-0.15, -0.1) is 0 Å². The molecule has 0 bridgehead atoms. The minimum atomic E-state index is -0.455. The van der Waals surface area contributed by atoms with Gasteiger partial charge in [0.05, 0.1) is 12.2 Å². The molecule has 0 fully saturated rings. The van der Waals surface area contributed by atoms with Crippen LogP contribution in [0.25, 0.3) is 0 Å². The van der Waals surface area contributed by atoms with Gasteiger partial charge < -0.3 is 19.3 Å². The van der Waals surface area contributed by atoms with E-state index in [9.17, 15) is 9.59 Å². The summed E-state index contributed by atoms with van der Waals surface area (Å²) in [5, 5.41) is 8.76. The summed E-state index contributed by atoms with van der Waals surface area (Å²) in [5.74, 6) is 0.715. The highest BCUT2D eigenvalue weighted by Gasteiger charge is 2.12. The van der Waals surface area contributed by atoms with Crippen molar-refractivity contribution >= 4 is 11.9 Å². The number of carbonyl (C=O) groups excluding carboxylic acids is 2. The summed E-state index contributed by atoms with van der Waals surface area (Å²) < 4.78 is 16.3. The monoisotopic (exact) mass is 470 g/mol. The average molecular weight is 471 g/mol. The third-order valence-electron chi connectivity index (χ3n) is 5.52. The molecule has 0 amide bonds. The lowest BCUT2D eigenvalue weighted by molar-refractivity contribution is -0.131. The van der Waals surface area contributed by atoms with Crippen molar-refractivity contribution in [3.8, 4) is 17.2 Å². The lowest BCUT2D eigenvalue weighted by Crippen LogP contribution is -2.09. The van der Waals surface area contributed by atoms with Crippen molar-refractivity contribution in [3.63, 3.8) is 0 Å². The number of rotatable bonds is 16. The molecular formula is C28H38O6. The minimum absolute atomic E-state index is 0.314. The third kappa shape index (κ3) is 10.8. The number of benzene rings is 2. The Labute approximate surface area is 203 Å². The van der Waals surface area contributed by atoms with E-state index in [0.717, 1.165) is 31.4 Å². The molecule has 186 valence electrons. The Kier molecular flexibility index (Phi) is 12.8. The van der Waals surface area contributed by atoms with Gasteiger partial charge in [0.2, 0.25) is 0 Å². The van der Waals surface area contributed by atoms with E-state index in [0.29, 0.717) is 35.8 Å². The van der Waals surface area contributed by atoms with E-state index in [4.69, 9.17) is 19.3 Å². The van der Waals surface area contributed by atoms with E-state index >= 15 is 0 Å². The van der Waals surface area contributed by atoms with Gasteiger partial charge in [-0.25, -0.2) is 4.79 Å². The van der Waals surface area contributed by atoms with Gasteiger partial charge >= 0.3 is 11.9 Å². The number of hydrogen-bond donors (Lipinski definition) is 1. The van der Waals surface area contributed by atoms with Gasteiger partial charge in [-0.05, 0) is 67.8 Å². The van der Waals surface area contributed by atoms with Crippen molar-refractivity contribution in [2.45, 2.75) is 78.1 Å². The third-order valence-corrected chi connectivity index (χ3v) is 5.52. The van der Waals surface area contributed by atoms with E-state index in [1.807, 2.05) is 0 Å². The highest BCUT2D eigenvalue weighted by atomic mass is 16.5. The van der Waals surface area contributed by atoms with Gasteiger partial charge in [0.1, 0.15) is 17.2 Å². The SMILES string of the molecule is CC(=O)Oc1ccc(OC(=O)c2ccc(OCCCCCCCCCCCCO)cc2)c(C)c1. The molecule has 6 heteroatoms. The van der Waals surface area contributed by atoms with Crippen LogP contribution in [-0.2, 0) is 4.79 Å². The van der Waals surface area contributed by atoms with Gasteiger partial charge in [-0.1, -0.05) is 51.4 Å². The quantitative estimate of drug-likeness (QED) is 0.173. The van der Waals surface area contributed by atoms with Crippen molar-refractivity contribution in [3.05, 3.63) is 53.6 Å². The van der Waals surface area contributed by atoms with Crippen molar-refractivity contribution in [2.24, 2.45) is 0 Å². The Morgan fingerprint density at radius 3 is 1.85 bits per heavy atom. The van der Waals surface area contributed by atoms with Gasteiger partial charge in [0.15, 0.2) is 0 Å². The first kappa shape index (κ1) is 27.4. The first-order chi connectivity index (χ1) is 16.5. The molecule has 0 unspecified atom stereocenters. The smallest absolute Gasteiger partial charge is 0.343 e. The van der Waals surface area contributed by atoms with Crippen LogP contribution in [0.4, 0.5) is 0 Å². The van der Waals surface area contributed by atoms with Crippen molar-refractivity contribution in [1.82, 2.24) is 0 Å². The highest BCUT2D eigenvalue weighted by molar-refractivity contribution is 5.91. The molecule has 0 saturated carbocycles. The zero-order valence-electron chi connectivity index (χ0n) is 20.5. The van der Waals surface area contributed by atoms with Crippen LogP contribution < -0.4 is 14.2 Å². The number of aliphatic hydroxyl groups is 1. The second-order valence-electron chi connectivity index (χ2n) is 8.54. The number of hydrogen-bond acceptors (Lipinski definition) is 6. The molecule has 6 nitrogen and oxygen atoms in total. The Morgan fingerprint density at radius 1 is 0.735 bits per heavy atom. The van der Waals surface area contributed by atoms with Crippen LogP contribution >= 0.6 is 0 Å². The lowest BCUT2D eigenvalue weighted by Gasteiger charge is -2.10. The maximum atomic E-state index is 12.5. The van der Waals surface area contributed by atoms with Crippen LogP contribution in [-0.4, -0.2) is 30.3 Å². The standard InChI is InChI=1S/C28H38O6/c1-22-21-26(33-23(2)30)17-18-27(22)34-28(31)24-13-15-25(16-14-24)32-20-12-10-8-6-4-3-5-7-9-11-19-29/h13-18,21,29H,3-12,19-20H2,1-2H3. The second kappa shape index (κ2) is 15.9. The van der Waals surface area contributed by atoms with Crippen LogP contribution in [0.1, 0.15) is 87.1 Å². The zero-order valence-corrected chi connectivity index (χ0v) is 20.5. The molecular weight excluding hydrogens is 432 g/mol. The van der Waals surface area contributed by atoms with Gasteiger partial charge in [-0.2, -0.15) is 0 Å². The van der Waals surface area contributed by atoms with Crippen LogP contribution in [0.2, 0.25) is 0 Å². The molecule has 0 aliphatic carbocycles. The first-order valence-electron chi connectivity index (χ1n) is 12.3. The van der Waals surface area contributed by atoms with Gasteiger partial charge in [0.25, 0.3) is 0 Å². The lowest BCUT2D eigenvalue weighted by atomic mass is 10.1. The molecule has 2 aromatic carbocycles. The van der Waals surface area contributed by atoms with Crippen LogP contribution in [0, 0.1) is 6.92 Å². The van der Waals surface area contributed by atoms with Crippen LogP contribution in [0.3, 0.4) is 0 Å². The summed E-state index contributed by atoms with van der Waals surface area (Å²) in [7, 11) is 0. The molecule has 34 heavy (non-hydrogen) atoms. The number of aryl methyl sites for hydroxylation is 1. The van der Waals surface area contributed by atoms with E-state index < -0.39 is 11.9 Å². The molecule has 0 spiro atoms. The average Bonchev–Trinajstić information content (AvgIpc) is 2.81. The Hall–Kier alpha value is -2.86. The van der Waals surface area contributed by atoms with Crippen molar-refractivity contribution < 1.29 is 28.9 Å². The Bertz CT molecular complexity index is 875. The molecule has 2 rings (SSSR count). The highest BCUT2D eigenvalue weighted by Crippen LogP contribution is 2.25. The normalized spacial score (nSPS) is 10.7. The zero-order chi connectivity index (χ0) is 24.6. The van der Waals surface area contributed by atoms with Crippen molar-refractivity contribution in [2.75, 3.05) is 13.2 Å². The maximum absolute atomic E-state index is 12.5. The van der Waals surface area contributed by atoms with Crippen molar-refractivity contribution in [1.29, 1.82) is 0 Å². The summed E-state index contributed by atoms with van der Waals surface area (Å²) in [6.07, 6.45) is 11.8. The predicted molar refractivity (Wildman–Crippen MR) is 133 cm³/mol.